The molecule has 0 aliphatic heterocycles. The predicted octanol–water partition coefficient (Wildman–Crippen LogP) is 2.99. The Morgan fingerprint density at radius 3 is 2.85 bits per heavy atom. The van der Waals surface area contributed by atoms with E-state index in [0.717, 1.165) is 19.3 Å². The Labute approximate surface area is 120 Å². The molecule has 1 aromatic rings. The summed E-state index contributed by atoms with van der Waals surface area (Å²) in [4.78, 5) is 21.6. The Balaban J connectivity index is 2.34. The second kappa shape index (κ2) is 6.13. The van der Waals surface area contributed by atoms with Crippen LogP contribution >= 0.6 is 11.8 Å². The molecule has 2 atom stereocenters. The minimum Gasteiger partial charge on any atom is -0.477 e. The average molecular weight is 296 g/mol. The zero-order valence-electron chi connectivity index (χ0n) is 11.0. The van der Waals surface area contributed by atoms with E-state index in [4.69, 9.17) is 5.11 Å². The molecule has 20 heavy (non-hydrogen) atoms. The van der Waals surface area contributed by atoms with Gasteiger partial charge in [-0.1, -0.05) is 12.5 Å². The van der Waals surface area contributed by atoms with Gasteiger partial charge in [0.15, 0.2) is 0 Å². The van der Waals surface area contributed by atoms with Crippen molar-refractivity contribution in [2.24, 2.45) is 0 Å². The van der Waals surface area contributed by atoms with E-state index in [0.29, 0.717) is 10.9 Å². The lowest BCUT2D eigenvalue weighted by Crippen LogP contribution is -2.26. The highest BCUT2D eigenvalue weighted by Gasteiger charge is 2.30. The lowest BCUT2D eigenvalue weighted by Gasteiger charge is -2.20. The normalized spacial score (nSPS) is 21.6. The number of carbonyl (C=O) groups is 1. The first kappa shape index (κ1) is 14.6. The van der Waals surface area contributed by atoms with Crippen LogP contribution in [0.4, 0.5) is 11.4 Å². The number of anilines is 1. The number of rotatable bonds is 5. The molecule has 6 nitrogen and oxygen atoms in total. The summed E-state index contributed by atoms with van der Waals surface area (Å²) in [5.41, 5.74) is -0.341. The monoisotopic (exact) mass is 296 g/mol. The smallest absolute Gasteiger partial charge is 0.342 e. The molecule has 0 amide bonds. The number of carboxylic acids is 1. The van der Waals surface area contributed by atoms with Crippen LogP contribution in [0.1, 0.15) is 29.6 Å². The van der Waals surface area contributed by atoms with Gasteiger partial charge in [-0.05, 0) is 31.2 Å². The molecular weight excluding hydrogens is 280 g/mol. The number of carboxylic acid groups (broad SMARTS) is 1. The van der Waals surface area contributed by atoms with E-state index in [1.807, 2.05) is 6.26 Å². The SMILES string of the molecule is CSC1CCCC1Nc1cccc(C(=O)O)c1[N+](=O)[O-]. The first-order valence-electron chi connectivity index (χ1n) is 6.34. The molecule has 0 heterocycles. The van der Waals surface area contributed by atoms with Crippen LogP contribution in [0.3, 0.4) is 0 Å². The summed E-state index contributed by atoms with van der Waals surface area (Å²) in [7, 11) is 0. The van der Waals surface area contributed by atoms with E-state index in [-0.39, 0.29) is 17.3 Å². The Kier molecular flexibility index (Phi) is 4.49. The van der Waals surface area contributed by atoms with Crippen molar-refractivity contribution < 1.29 is 14.8 Å². The van der Waals surface area contributed by atoms with Crippen molar-refractivity contribution in [1.29, 1.82) is 0 Å². The van der Waals surface area contributed by atoms with E-state index in [9.17, 15) is 14.9 Å². The number of aromatic carboxylic acids is 1. The fourth-order valence-electron chi connectivity index (χ4n) is 2.60. The van der Waals surface area contributed by atoms with Gasteiger partial charge >= 0.3 is 11.7 Å². The first-order chi connectivity index (χ1) is 9.54. The number of nitro groups is 1. The van der Waals surface area contributed by atoms with Crippen molar-refractivity contribution in [2.75, 3.05) is 11.6 Å². The van der Waals surface area contributed by atoms with E-state index in [2.05, 4.69) is 5.32 Å². The molecule has 0 bridgehead atoms. The maximum atomic E-state index is 11.2. The van der Waals surface area contributed by atoms with Gasteiger partial charge in [-0.2, -0.15) is 11.8 Å². The average Bonchev–Trinajstić information content (AvgIpc) is 2.85. The minimum atomic E-state index is -1.28. The van der Waals surface area contributed by atoms with Gasteiger partial charge in [0.05, 0.1) is 4.92 Å². The highest BCUT2D eigenvalue weighted by Crippen LogP contribution is 2.35. The Morgan fingerprint density at radius 1 is 1.50 bits per heavy atom. The molecule has 1 saturated carbocycles. The highest BCUT2D eigenvalue weighted by atomic mass is 32.2. The van der Waals surface area contributed by atoms with Crippen LogP contribution in [0.25, 0.3) is 0 Å². The predicted molar refractivity (Wildman–Crippen MR) is 78.6 cm³/mol. The molecule has 7 heteroatoms. The molecular formula is C13H16N2O4S. The van der Waals surface area contributed by atoms with Crippen LogP contribution in [-0.4, -0.2) is 33.5 Å². The third-order valence-electron chi connectivity index (χ3n) is 3.55. The second-order valence-electron chi connectivity index (χ2n) is 4.72. The number of para-hydroxylation sites is 1. The maximum Gasteiger partial charge on any atom is 0.342 e. The molecule has 2 rings (SSSR count). The van der Waals surface area contributed by atoms with Crippen LogP contribution in [0.2, 0.25) is 0 Å². The van der Waals surface area contributed by atoms with Crippen molar-refractivity contribution in [3.05, 3.63) is 33.9 Å². The van der Waals surface area contributed by atoms with E-state index in [1.165, 1.54) is 12.1 Å². The van der Waals surface area contributed by atoms with Crippen molar-refractivity contribution in [1.82, 2.24) is 0 Å². The van der Waals surface area contributed by atoms with Crippen LogP contribution in [0, 0.1) is 10.1 Å². The second-order valence-corrected chi connectivity index (χ2v) is 5.80. The molecule has 1 fully saturated rings. The van der Waals surface area contributed by atoms with E-state index >= 15 is 0 Å². The van der Waals surface area contributed by atoms with Gasteiger partial charge in [0.1, 0.15) is 11.3 Å². The number of thioether (sulfide) groups is 1. The molecule has 0 spiro atoms. The van der Waals surface area contributed by atoms with E-state index in [1.54, 1.807) is 17.8 Å². The number of hydrogen-bond acceptors (Lipinski definition) is 5. The topological polar surface area (TPSA) is 92.5 Å². The van der Waals surface area contributed by atoms with Crippen molar-refractivity contribution >= 4 is 29.1 Å². The van der Waals surface area contributed by atoms with Crippen LogP contribution in [0.5, 0.6) is 0 Å². The minimum absolute atomic E-state index is 0.146. The summed E-state index contributed by atoms with van der Waals surface area (Å²) < 4.78 is 0. The molecule has 0 aromatic heterocycles. The number of hydrogen-bond donors (Lipinski definition) is 2. The molecule has 108 valence electrons. The standard InChI is InChI=1S/C13H16N2O4S/c1-20-11-7-3-5-9(11)14-10-6-2-4-8(13(16)17)12(10)15(18)19/h2,4,6,9,11,14H,3,5,7H2,1H3,(H,16,17). The van der Waals surface area contributed by atoms with Crippen molar-refractivity contribution in [2.45, 2.75) is 30.6 Å². The summed E-state index contributed by atoms with van der Waals surface area (Å²) in [5.74, 6) is -1.28. The summed E-state index contributed by atoms with van der Waals surface area (Å²) >= 11 is 1.74. The first-order valence-corrected chi connectivity index (χ1v) is 7.63. The zero-order valence-corrected chi connectivity index (χ0v) is 11.9. The fraction of sp³-hybridized carbons (Fsp3) is 0.462. The van der Waals surface area contributed by atoms with E-state index < -0.39 is 10.9 Å². The summed E-state index contributed by atoms with van der Waals surface area (Å²) in [6, 6.07) is 4.50. The summed E-state index contributed by atoms with van der Waals surface area (Å²) in [5, 5.41) is 23.8. The summed E-state index contributed by atoms with van der Waals surface area (Å²) in [6.07, 6.45) is 5.12. The molecule has 1 aliphatic rings. The Hall–Kier alpha value is -1.76. The number of nitro benzene ring substituents is 1. The lowest BCUT2D eigenvalue weighted by molar-refractivity contribution is -0.384. The number of nitrogens with one attached hydrogen (secondary N) is 1. The van der Waals surface area contributed by atoms with Crippen LogP contribution in [-0.2, 0) is 0 Å². The van der Waals surface area contributed by atoms with Crippen molar-refractivity contribution in [3.8, 4) is 0 Å². The molecule has 0 radical (unpaired) electrons. The Morgan fingerprint density at radius 2 is 2.25 bits per heavy atom. The van der Waals surface area contributed by atoms with Crippen LogP contribution in [0.15, 0.2) is 18.2 Å². The van der Waals surface area contributed by atoms with Crippen LogP contribution < -0.4 is 5.32 Å². The number of benzene rings is 1. The molecule has 1 aromatic carbocycles. The van der Waals surface area contributed by atoms with Gasteiger partial charge in [-0.25, -0.2) is 4.79 Å². The third kappa shape index (κ3) is 2.87. The van der Waals surface area contributed by atoms with Gasteiger partial charge in [-0.15, -0.1) is 0 Å². The van der Waals surface area contributed by atoms with Gasteiger partial charge in [-0.3, -0.25) is 10.1 Å². The maximum absolute atomic E-state index is 11.2. The fourth-order valence-corrected chi connectivity index (χ4v) is 3.54. The molecule has 0 saturated heterocycles. The Bertz CT molecular complexity index is 535. The number of nitrogens with zero attached hydrogens (tertiary/aromatic N) is 1. The van der Waals surface area contributed by atoms with Crippen molar-refractivity contribution in [3.63, 3.8) is 0 Å². The molecule has 1 aliphatic carbocycles. The summed E-state index contributed by atoms with van der Waals surface area (Å²) in [6.45, 7) is 0. The lowest BCUT2D eigenvalue weighted by atomic mass is 10.1. The van der Waals surface area contributed by atoms with Gasteiger partial charge in [0, 0.05) is 11.3 Å². The molecule has 2 N–H and O–H groups in total. The third-order valence-corrected chi connectivity index (χ3v) is 4.71. The van der Waals surface area contributed by atoms with Gasteiger partial charge in [0.2, 0.25) is 0 Å². The largest absolute Gasteiger partial charge is 0.477 e. The van der Waals surface area contributed by atoms with Gasteiger partial charge < -0.3 is 10.4 Å². The highest BCUT2D eigenvalue weighted by molar-refractivity contribution is 7.99. The van der Waals surface area contributed by atoms with Gasteiger partial charge in [0.25, 0.3) is 0 Å². The molecule has 2 unspecified atom stereocenters. The quantitative estimate of drug-likeness (QED) is 0.641. The zero-order chi connectivity index (χ0) is 14.7.